The number of nitrogens with zero attached hydrogens (tertiary/aromatic N) is 4. The van der Waals surface area contributed by atoms with Crippen LogP contribution in [0.1, 0.15) is 0 Å². The zero-order valence-electron chi connectivity index (χ0n) is 30.5. The van der Waals surface area contributed by atoms with Gasteiger partial charge in [0.15, 0.2) is 5.82 Å². The molecule has 0 unspecified atom stereocenters. The van der Waals surface area contributed by atoms with Gasteiger partial charge in [-0.15, -0.1) is 0 Å². The molecule has 0 aliphatic rings. The number of fused-ring (bicyclic) bond motifs is 3. The van der Waals surface area contributed by atoms with Gasteiger partial charge in [0.1, 0.15) is 5.69 Å². The van der Waals surface area contributed by atoms with E-state index in [1.54, 1.807) is 0 Å². The molecule has 2 aromatic heterocycles. The minimum atomic E-state index is 0.711. The molecule has 2 heterocycles. The molecule has 10 rings (SSSR count). The van der Waals surface area contributed by atoms with E-state index in [4.69, 9.17) is 15.1 Å². The Bertz CT molecular complexity index is 2980. The van der Waals surface area contributed by atoms with Gasteiger partial charge in [0, 0.05) is 44.7 Å². The summed E-state index contributed by atoms with van der Waals surface area (Å²) in [4.78, 5) is 10.4. The van der Waals surface area contributed by atoms with Gasteiger partial charge in [-0.05, 0) is 51.4 Å². The lowest BCUT2D eigenvalue weighted by atomic mass is 9.97. The molecule has 0 radical (unpaired) electrons. The zero-order chi connectivity index (χ0) is 37.3. The number of hydrogen-bond acceptors (Lipinski definition) is 3. The molecule has 0 atom stereocenters. The highest BCUT2D eigenvalue weighted by molar-refractivity contribution is 6.10. The van der Waals surface area contributed by atoms with Crippen LogP contribution in [0, 0.1) is 0 Å². The largest absolute Gasteiger partial charge is 0.238 e. The lowest BCUT2D eigenvalue weighted by molar-refractivity contribution is -0.658. The SMILES string of the molecule is c1ccc(-c2ccc(-c3cc(-c4ccccc4)c[n+](-c4cccc(-c5ccc6ccc7c(-c8ccccc8)nc(-c8ccccc8)nc7c6c5)c4)n3)cc2)cc1. The third-order valence-electron chi connectivity index (χ3n) is 10.4. The highest BCUT2D eigenvalue weighted by Crippen LogP contribution is 2.35. The van der Waals surface area contributed by atoms with Gasteiger partial charge in [-0.1, -0.05) is 181 Å². The van der Waals surface area contributed by atoms with Crippen LogP contribution in [0.4, 0.5) is 0 Å². The Labute approximate surface area is 325 Å². The van der Waals surface area contributed by atoms with Crippen LogP contribution in [0.3, 0.4) is 0 Å². The molecule has 0 N–H and O–H groups in total. The Morgan fingerprint density at radius 2 is 0.875 bits per heavy atom. The molecule has 4 nitrogen and oxygen atoms in total. The van der Waals surface area contributed by atoms with Crippen LogP contribution in [-0.4, -0.2) is 15.1 Å². The fraction of sp³-hybridized carbons (Fsp3) is 0. The van der Waals surface area contributed by atoms with Gasteiger partial charge in [0.25, 0.3) is 0 Å². The van der Waals surface area contributed by atoms with E-state index >= 15 is 0 Å². The summed E-state index contributed by atoms with van der Waals surface area (Å²) in [6.07, 6.45) is 2.12. The van der Waals surface area contributed by atoms with Crippen molar-refractivity contribution in [3.63, 3.8) is 0 Å². The van der Waals surface area contributed by atoms with Gasteiger partial charge in [-0.3, -0.25) is 0 Å². The van der Waals surface area contributed by atoms with Gasteiger partial charge < -0.3 is 0 Å². The number of aromatic nitrogens is 4. The van der Waals surface area contributed by atoms with Crippen molar-refractivity contribution in [2.24, 2.45) is 0 Å². The summed E-state index contributed by atoms with van der Waals surface area (Å²) in [5.74, 6) is 0.711. The molecule has 262 valence electrons. The molecule has 0 aliphatic carbocycles. The fourth-order valence-electron chi connectivity index (χ4n) is 7.47. The lowest BCUT2D eigenvalue weighted by Crippen LogP contribution is -2.35. The Morgan fingerprint density at radius 3 is 1.57 bits per heavy atom. The predicted molar refractivity (Wildman–Crippen MR) is 229 cm³/mol. The highest BCUT2D eigenvalue weighted by Gasteiger charge is 2.18. The van der Waals surface area contributed by atoms with Crippen LogP contribution in [0.25, 0.3) is 94.6 Å². The number of rotatable bonds is 7. The Kier molecular flexibility index (Phi) is 8.47. The van der Waals surface area contributed by atoms with Crippen LogP contribution in [0.15, 0.2) is 212 Å². The van der Waals surface area contributed by atoms with Crippen LogP contribution < -0.4 is 4.68 Å². The van der Waals surface area contributed by atoms with Crippen LogP contribution in [-0.2, 0) is 0 Å². The van der Waals surface area contributed by atoms with Crippen molar-refractivity contribution in [3.8, 4) is 73.0 Å². The van der Waals surface area contributed by atoms with Crippen LogP contribution in [0.2, 0.25) is 0 Å². The normalized spacial score (nSPS) is 11.2. The predicted octanol–water partition coefficient (Wildman–Crippen LogP) is 12.5. The molecule has 0 fully saturated rings. The highest BCUT2D eigenvalue weighted by atomic mass is 15.3. The van der Waals surface area contributed by atoms with Crippen molar-refractivity contribution in [2.75, 3.05) is 0 Å². The van der Waals surface area contributed by atoms with E-state index in [9.17, 15) is 0 Å². The second kappa shape index (κ2) is 14.3. The summed E-state index contributed by atoms with van der Waals surface area (Å²) < 4.78 is 2.01. The minimum Gasteiger partial charge on any atom is -0.227 e. The first-order valence-electron chi connectivity index (χ1n) is 18.9. The van der Waals surface area contributed by atoms with Crippen molar-refractivity contribution in [2.45, 2.75) is 0 Å². The molecular formula is C52H35N4+. The van der Waals surface area contributed by atoms with Crippen molar-refractivity contribution in [1.29, 1.82) is 0 Å². The standard InChI is InChI=1S/C52H35N4/c1-5-14-36(15-6-1)38-24-27-40(28-25-38)49-34-45(37-16-7-2-8-17-37)35-56(55-49)46-23-13-22-43(32-46)44-29-26-39-30-31-47-50(41-18-9-3-10-19-41)53-52(42-20-11-4-12-21-42)54-51(47)48(39)33-44/h1-35H/q+1. The van der Waals surface area contributed by atoms with E-state index in [0.29, 0.717) is 5.82 Å². The van der Waals surface area contributed by atoms with E-state index in [0.717, 1.165) is 77.7 Å². The maximum atomic E-state index is 5.23. The first-order valence-corrected chi connectivity index (χ1v) is 18.9. The molecule has 0 aliphatic heterocycles. The summed E-state index contributed by atoms with van der Waals surface area (Å²) in [6, 6.07) is 72.1. The van der Waals surface area contributed by atoms with Gasteiger partial charge in [0.2, 0.25) is 11.9 Å². The lowest BCUT2D eigenvalue weighted by Gasteiger charge is -2.12. The molecule has 4 heteroatoms. The summed E-state index contributed by atoms with van der Waals surface area (Å²) in [7, 11) is 0. The molecule has 0 amide bonds. The molecule has 8 aromatic carbocycles. The van der Waals surface area contributed by atoms with Crippen molar-refractivity contribution in [3.05, 3.63) is 212 Å². The second-order valence-corrected chi connectivity index (χ2v) is 13.9. The van der Waals surface area contributed by atoms with Gasteiger partial charge >= 0.3 is 0 Å². The van der Waals surface area contributed by atoms with E-state index < -0.39 is 0 Å². The molecule has 0 saturated carbocycles. The summed E-state index contributed by atoms with van der Waals surface area (Å²) in [5, 5.41) is 8.44. The Morgan fingerprint density at radius 1 is 0.339 bits per heavy atom. The van der Waals surface area contributed by atoms with Crippen LogP contribution in [0.5, 0.6) is 0 Å². The van der Waals surface area contributed by atoms with Crippen LogP contribution >= 0.6 is 0 Å². The summed E-state index contributed by atoms with van der Waals surface area (Å²) in [5.41, 5.74) is 13.6. The van der Waals surface area contributed by atoms with E-state index in [-0.39, 0.29) is 0 Å². The third kappa shape index (κ3) is 6.40. The number of benzene rings is 8. The Balaban J connectivity index is 1.09. The zero-order valence-corrected chi connectivity index (χ0v) is 30.5. The first-order chi connectivity index (χ1) is 27.7. The Hall–Kier alpha value is -7.56. The molecule has 10 aromatic rings. The van der Waals surface area contributed by atoms with Crippen molar-refractivity contribution in [1.82, 2.24) is 15.1 Å². The van der Waals surface area contributed by atoms with Crippen molar-refractivity contribution < 1.29 is 4.68 Å². The molecule has 0 bridgehead atoms. The maximum Gasteiger partial charge on any atom is 0.238 e. The van der Waals surface area contributed by atoms with Gasteiger partial charge in [-0.25, -0.2) is 9.97 Å². The van der Waals surface area contributed by atoms with Gasteiger partial charge in [0.05, 0.1) is 16.8 Å². The van der Waals surface area contributed by atoms with E-state index in [2.05, 4.69) is 182 Å². The van der Waals surface area contributed by atoms with E-state index in [1.165, 1.54) is 11.1 Å². The van der Waals surface area contributed by atoms with E-state index in [1.807, 2.05) is 35.0 Å². The van der Waals surface area contributed by atoms with Gasteiger partial charge in [-0.2, -0.15) is 0 Å². The second-order valence-electron chi connectivity index (χ2n) is 13.9. The monoisotopic (exact) mass is 715 g/mol. The van der Waals surface area contributed by atoms with Crippen molar-refractivity contribution >= 4 is 21.7 Å². The fourth-order valence-corrected chi connectivity index (χ4v) is 7.47. The minimum absolute atomic E-state index is 0.711. The number of hydrogen-bond donors (Lipinski definition) is 0. The molecule has 56 heavy (non-hydrogen) atoms. The molecule has 0 saturated heterocycles. The molecular weight excluding hydrogens is 681 g/mol. The smallest absolute Gasteiger partial charge is 0.227 e. The molecule has 0 spiro atoms. The first kappa shape index (κ1) is 33.0. The third-order valence-corrected chi connectivity index (χ3v) is 10.4. The summed E-state index contributed by atoms with van der Waals surface area (Å²) >= 11 is 0. The topological polar surface area (TPSA) is 42.5 Å². The average molecular weight is 716 g/mol. The average Bonchev–Trinajstić information content (AvgIpc) is 3.29. The maximum absolute atomic E-state index is 5.23. The summed E-state index contributed by atoms with van der Waals surface area (Å²) in [6.45, 7) is 0. The quantitative estimate of drug-likeness (QED) is 0.122.